The zero-order valence-electron chi connectivity index (χ0n) is 15.4. The molecule has 1 aliphatic heterocycles. The van der Waals surface area contributed by atoms with Gasteiger partial charge in [-0.2, -0.15) is 0 Å². The van der Waals surface area contributed by atoms with Gasteiger partial charge in [-0.3, -0.25) is 9.59 Å². The van der Waals surface area contributed by atoms with Crippen LogP contribution in [-0.2, 0) is 17.9 Å². The van der Waals surface area contributed by atoms with Gasteiger partial charge in [0.25, 0.3) is 5.91 Å². The minimum absolute atomic E-state index is 0.0405. The standard InChI is InChI=1S/C21H20ClN3O2S/c1-21(20(27)23-11-13-2-4-15(22)5-3-13)12-24-17(10-14-8-9-28-19(14)24)18(26)25(21)16-6-7-16/h2-5,8-10,16H,6-7,11-12H2,1H3,(H,23,27). The maximum atomic E-state index is 13.3. The third kappa shape index (κ3) is 2.74. The zero-order chi connectivity index (χ0) is 19.5. The lowest BCUT2D eigenvalue weighted by Crippen LogP contribution is -2.64. The van der Waals surface area contributed by atoms with Gasteiger partial charge >= 0.3 is 0 Å². The van der Waals surface area contributed by atoms with Crippen molar-refractivity contribution < 1.29 is 9.59 Å². The number of halogens is 1. The summed E-state index contributed by atoms with van der Waals surface area (Å²) < 4.78 is 2.02. The summed E-state index contributed by atoms with van der Waals surface area (Å²) in [6, 6.07) is 11.5. The Labute approximate surface area is 171 Å². The number of hydrogen-bond acceptors (Lipinski definition) is 3. The summed E-state index contributed by atoms with van der Waals surface area (Å²) in [6.45, 7) is 2.77. The minimum atomic E-state index is -0.909. The smallest absolute Gasteiger partial charge is 0.271 e. The van der Waals surface area contributed by atoms with E-state index in [9.17, 15) is 9.59 Å². The van der Waals surface area contributed by atoms with Crippen molar-refractivity contribution in [1.29, 1.82) is 0 Å². The molecule has 28 heavy (non-hydrogen) atoms. The lowest BCUT2D eigenvalue weighted by Gasteiger charge is -2.44. The summed E-state index contributed by atoms with van der Waals surface area (Å²) in [7, 11) is 0. The summed E-state index contributed by atoms with van der Waals surface area (Å²) in [4.78, 5) is 29.5. The number of carbonyl (C=O) groups is 2. The summed E-state index contributed by atoms with van der Waals surface area (Å²) in [5.41, 5.74) is 0.758. The molecule has 1 fully saturated rings. The fraction of sp³-hybridized carbons (Fsp3) is 0.333. The average molecular weight is 414 g/mol. The molecule has 7 heteroatoms. The van der Waals surface area contributed by atoms with Gasteiger partial charge in [-0.05, 0) is 55.0 Å². The molecule has 5 rings (SSSR count). The van der Waals surface area contributed by atoms with E-state index in [1.165, 1.54) is 0 Å². The topological polar surface area (TPSA) is 54.3 Å². The second-order valence-corrected chi connectivity index (χ2v) is 9.12. The van der Waals surface area contributed by atoms with Crippen LogP contribution in [0.15, 0.2) is 41.8 Å². The third-order valence-electron chi connectivity index (χ3n) is 5.71. The van der Waals surface area contributed by atoms with E-state index in [2.05, 4.69) is 5.32 Å². The molecule has 3 heterocycles. The number of carbonyl (C=O) groups excluding carboxylic acids is 2. The van der Waals surface area contributed by atoms with E-state index >= 15 is 0 Å². The highest BCUT2D eigenvalue weighted by Crippen LogP contribution is 2.40. The molecule has 1 N–H and O–H groups in total. The number of benzene rings is 1. The van der Waals surface area contributed by atoms with Crippen LogP contribution in [-0.4, -0.2) is 32.9 Å². The molecule has 2 aromatic heterocycles. The Morgan fingerprint density at radius 1 is 1.29 bits per heavy atom. The summed E-state index contributed by atoms with van der Waals surface area (Å²) in [6.07, 6.45) is 1.92. The molecule has 2 amide bonds. The van der Waals surface area contributed by atoms with Crippen molar-refractivity contribution in [2.24, 2.45) is 0 Å². The molecule has 1 unspecified atom stereocenters. The first-order chi connectivity index (χ1) is 13.5. The molecule has 3 aromatic rings. The van der Waals surface area contributed by atoms with Gasteiger partial charge < -0.3 is 14.8 Å². The number of fused-ring (bicyclic) bond motifs is 3. The first-order valence-electron chi connectivity index (χ1n) is 9.40. The summed E-state index contributed by atoms with van der Waals surface area (Å²) in [5.74, 6) is -0.159. The predicted octanol–water partition coefficient (Wildman–Crippen LogP) is 4.05. The van der Waals surface area contributed by atoms with E-state index < -0.39 is 5.54 Å². The highest BCUT2D eigenvalue weighted by molar-refractivity contribution is 7.16. The van der Waals surface area contributed by atoms with Gasteiger partial charge in [0.2, 0.25) is 5.91 Å². The Hall–Kier alpha value is -2.31. The Kier molecular flexibility index (Phi) is 4.03. The molecule has 1 aliphatic carbocycles. The first kappa shape index (κ1) is 17.8. The van der Waals surface area contributed by atoms with Gasteiger partial charge in [0.15, 0.2) is 0 Å². The fourth-order valence-corrected chi connectivity index (χ4v) is 5.12. The molecule has 5 nitrogen and oxygen atoms in total. The Bertz CT molecular complexity index is 1080. The quantitative estimate of drug-likeness (QED) is 0.701. The van der Waals surface area contributed by atoms with Gasteiger partial charge in [0.05, 0.1) is 6.54 Å². The molecule has 1 saturated carbocycles. The number of thiophene rings is 1. The van der Waals surface area contributed by atoms with Crippen molar-refractivity contribution in [2.75, 3.05) is 0 Å². The lowest BCUT2D eigenvalue weighted by atomic mass is 9.94. The van der Waals surface area contributed by atoms with Crippen molar-refractivity contribution in [2.45, 2.75) is 44.4 Å². The van der Waals surface area contributed by atoms with Gasteiger partial charge in [-0.25, -0.2) is 0 Å². The number of hydrogen-bond donors (Lipinski definition) is 1. The summed E-state index contributed by atoms with van der Waals surface area (Å²) in [5, 5.41) is 6.79. The number of nitrogens with one attached hydrogen (secondary N) is 1. The van der Waals surface area contributed by atoms with Crippen molar-refractivity contribution in [1.82, 2.24) is 14.8 Å². The normalized spacial score (nSPS) is 21.8. The Morgan fingerprint density at radius 2 is 2.04 bits per heavy atom. The molecule has 0 spiro atoms. The van der Waals surface area contributed by atoms with Gasteiger partial charge in [-0.15, -0.1) is 11.3 Å². The van der Waals surface area contributed by atoms with E-state index in [1.807, 2.05) is 58.2 Å². The second-order valence-electron chi connectivity index (χ2n) is 7.79. The number of nitrogens with zero attached hydrogens (tertiary/aromatic N) is 2. The zero-order valence-corrected chi connectivity index (χ0v) is 17.0. The van der Waals surface area contributed by atoms with Gasteiger partial charge in [-0.1, -0.05) is 23.7 Å². The van der Waals surface area contributed by atoms with Crippen molar-refractivity contribution in [3.05, 3.63) is 58.1 Å². The van der Waals surface area contributed by atoms with E-state index in [-0.39, 0.29) is 17.9 Å². The molecule has 2 aliphatic rings. The summed E-state index contributed by atoms with van der Waals surface area (Å²) >= 11 is 7.55. The highest BCUT2D eigenvalue weighted by atomic mass is 35.5. The average Bonchev–Trinajstić information content (AvgIpc) is 3.28. The number of rotatable bonds is 4. The van der Waals surface area contributed by atoms with Crippen LogP contribution in [0.1, 0.15) is 35.8 Å². The largest absolute Gasteiger partial charge is 0.350 e. The maximum absolute atomic E-state index is 13.3. The fourth-order valence-electron chi connectivity index (χ4n) is 4.10. The van der Waals surface area contributed by atoms with Crippen LogP contribution in [0.3, 0.4) is 0 Å². The van der Waals surface area contributed by atoms with Crippen LogP contribution in [0.2, 0.25) is 5.02 Å². The lowest BCUT2D eigenvalue weighted by molar-refractivity contribution is -0.133. The molecule has 144 valence electrons. The van der Waals surface area contributed by atoms with Crippen LogP contribution < -0.4 is 5.32 Å². The van der Waals surface area contributed by atoms with Gasteiger partial charge in [0, 0.05) is 23.0 Å². The van der Waals surface area contributed by atoms with E-state index in [0.717, 1.165) is 28.6 Å². The van der Waals surface area contributed by atoms with Crippen LogP contribution >= 0.6 is 22.9 Å². The third-order valence-corrected chi connectivity index (χ3v) is 6.91. The van der Waals surface area contributed by atoms with Gasteiger partial charge in [0.1, 0.15) is 16.1 Å². The first-order valence-corrected chi connectivity index (χ1v) is 10.7. The molecular formula is C21H20ClN3O2S. The Morgan fingerprint density at radius 3 is 2.75 bits per heavy atom. The van der Waals surface area contributed by atoms with Crippen molar-refractivity contribution in [3.8, 4) is 0 Å². The molecule has 0 radical (unpaired) electrons. The predicted molar refractivity (Wildman–Crippen MR) is 111 cm³/mol. The van der Waals surface area contributed by atoms with Crippen molar-refractivity contribution >= 4 is 45.0 Å². The monoisotopic (exact) mass is 413 g/mol. The molecule has 1 aromatic carbocycles. The minimum Gasteiger partial charge on any atom is -0.350 e. The molecule has 0 saturated heterocycles. The second kappa shape index (κ2) is 6.36. The SMILES string of the molecule is CC1(C(=O)NCc2ccc(Cl)cc2)Cn2c(cc3ccsc32)C(=O)N1C1CC1. The van der Waals surface area contributed by atoms with Crippen LogP contribution in [0.5, 0.6) is 0 Å². The maximum Gasteiger partial charge on any atom is 0.271 e. The van der Waals surface area contributed by atoms with Crippen LogP contribution in [0.25, 0.3) is 10.2 Å². The van der Waals surface area contributed by atoms with Crippen molar-refractivity contribution in [3.63, 3.8) is 0 Å². The number of amides is 2. The molecular weight excluding hydrogens is 394 g/mol. The van der Waals surface area contributed by atoms with Crippen LogP contribution in [0, 0.1) is 0 Å². The number of aromatic nitrogens is 1. The van der Waals surface area contributed by atoms with E-state index in [4.69, 9.17) is 11.6 Å². The highest BCUT2D eigenvalue weighted by Gasteiger charge is 2.52. The molecule has 1 atom stereocenters. The van der Waals surface area contributed by atoms with E-state index in [0.29, 0.717) is 23.8 Å². The molecule has 0 bridgehead atoms. The van der Waals surface area contributed by atoms with E-state index in [1.54, 1.807) is 11.3 Å². The Balaban J connectivity index is 1.47. The van der Waals surface area contributed by atoms with Crippen LogP contribution in [0.4, 0.5) is 0 Å².